The summed E-state index contributed by atoms with van der Waals surface area (Å²) >= 11 is 0. The van der Waals surface area contributed by atoms with Crippen molar-refractivity contribution in [2.24, 2.45) is 0 Å². The highest BCUT2D eigenvalue weighted by molar-refractivity contribution is 6.09. The van der Waals surface area contributed by atoms with Crippen molar-refractivity contribution in [3.8, 4) is 28.4 Å². The molecule has 1 aliphatic rings. The molecule has 2 aromatic heterocycles. The van der Waals surface area contributed by atoms with Crippen molar-refractivity contribution in [3.63, 3.8) is 0 Å². The topological polar surface area (TPSA) is 33.5 Å². The van der Waals surface area contributed by atoms with Crippen molar-refractivity contribution >= 4 is 44.6 Å². The molecule has 10 aromatic rings. The number of anilines is 4. The summed E-state index contributed by atoms with van der Waals surface area (Å²) in [6.07, 6.45) is 1.93. The number of para-hydroxylation sites is 3. The van der Waals surface area contributed by atoms with Gasteiger partial charge in [0.2, 0.25) is 0 Å². The van der Waals surface area contributed by atoms with Crippen LogP contribution in [-0.4, -0.2) is 16.2 Å². The molecule has 0 fully saturated rings. The number of nitrogens with zero attached hydrogens (tertiary/aromatic N) is 4. The van der Waals surface area contributed by atoms with E-state index in [0.717, 1.165) is 50.8 Å². The van der Waals surface area contributed by atoms with Gasteiger partial charge in [0.25, 0.3) is 0 Å². The third-order valence-corrected chi connectivity index (χ3v) is 14.4. The predicted octanol–water partition coefficient (Wildman–Crippen LogP) is 16.8. The molecule has 11 rings (SSSR count). The molecule has 0 radical (unpaired) electrons. The quantitative estimate of drug-likeness (QED) is 0.137. The first-order valence-corrected chi connectivity index (χ1v) is 24.1. The normalized spacial score (nSPS) is 13.0. The summed E-state index contributed by atoms with van der Waals surface area (Å²) in [5.41, 5.74) is 14.7. The van der Waals surface area contributed by atoms with Gasteiger partial charge in [-0.05, 0) is 111 Å². The highest BCUT2D eigenvalue weighted by atomic mass is 16.5. The fourth-order valence-electron chi connectivity index (χ4n) is 10.4. The summed E-state index contributed by atoms with van der Waals surface area (Å²) in [4.78, 5) is 9.90. The molecular weight excluding hydrogens is 841 g/mol. The summed E-state index contributed by atoms with van der Waals surface area (Å²) in [5.74, 6) is 2.42. The third-order valence-electron chi connectivity index (χ3n) is 14.4. The van der Waals surface area contributed by atoms with E-state index in [4.69, 9.17) is 9.72 Å². The molecule has 3 heterocycles. The standard InChI is InChI=1S/C64H58N4O/c1-62(2,3)48-36-37-65-60(40-48)68-56-31-18-17-30-52(56)53-35-34-51(42-59(53)68)69-50-29-21-28-49(41-50)66-43-67(58-33-20-19-32-57(58)66)61-54(63(4,5)46-24-13-9-14-25-46)38-45(44-22-11-8-12-23-44)39-55(61)64(6,7)47-26-15-10-16-27-47/h8-42H,43H2,1-7H3. The van der Waals surface area contributed by atoms with Gasteiger partial charge in [-0.3, -0.25) is 4.57 Å². The minimum Gasteiger partial charge on any atom is -0.457 e. The second kappa shape index (κ2) is 17.0. The minimum absolute atomic E-state index is 0.0162. The van der Waals surface area contributed by atoms with Gasteiger partial charge in [-0.1, -0.05) is 176 Å². The molecule has 69 heavy (non-hydrogen) atoms. The second-order valence-corrected chi connectivity index (χ2v) is 20.5. The van der Waals surface area contributed by atoms with Crippen LogP contribution in [0.1, 0.15) is 76.3 Å². The molecule has 1 aliphatic heterocycles. The minimum atomic E-state index is -0.364. The van der Waals surface area contributed by atoms with E-state index in [2.05, 4.69) is 269 Å². The summed E-state index contributed by atoms with van der Waals surface area (Å²) in [6, 6.07) is 74.4. The van der Waals surface area contributed by atoms with Gasteiger partial charge in [-0.15, -0.1) is 0 Å². The maximum Gasteiger partial charge on any atom is 0.137 e. The molecule has 0 atom stereocenters. The van der Waals surface area contributed by atoms with Crippen LogP contribution in [0, 0.1) is 0 Å². The average molecular weight is 899 g/mol. The lowest BCUT2D eigenvalue weighted by Crippen LogP contribution is -2.32. The molecule has 340 valence electrons. The van der Waals surface area contributed by atoms with Crippen molar-refractivity contribution < 1.29 is 4.74 Å². The first-order valence-electron chi connectivity index (χ1n) is 24.1. The zero-order valence-electron chi connectivity index (χ0n) is 40.6. The van der Waals surface area contributed by atoms with Gasteiger partial charge in [0.15, 0.2) is 0 Å². The molecule has 8 aromatic carbocycles. The van der Waals surface area contributed by atoms with E-state index in [-0.39, 0.29) is 16.2 Å². The Morgan fingerprint density at radius 2 is 1.00 bits per heavy atom. The van der Waals surface area contributed by atoms with Crippen LogP contribution >= 0.6 is 0 Å². The highest BCUT2D eigenvalue weighted by Gasteiger charge is 2.39. The largest absolute Gasteiger partial charge is 0.457 e. The molecule has 0 unspecified atom stereocenters. The molecule has 0 saturated carbocycles. The third kappa shape index (κ3) is 7.82. The van der Waals surface area contributed by atoms with E-state index in [0.29, 0.717) is 6.67 Å². The number of pyridine rings is 1. The first kappa shape index (κ1) is 43.7. The van der Waals surface area contributed by atoms with E-state index < -0.39 is 0 Å². The Bertz CT molecular complexity index is 3420. The zero-order valence-corrected chi connectivity index (χ0v) is 40.6. The molecule has 0 amide bonds. The van der Waals surface area contributed by atoms with Crippen LogP contribution < -0.4 is 14.5 Å². The maximum absolute atomic E-state index is 6.86. The Kier molecular flexibility index (Phi) is 10.8. The molecule has 5 heteroatoms. The van der Waals surface area contributed by atoms with Gasteiger partial charge in [0, 0.05) is 45.6 Å². The van der Waals surface area contributed by atoms with E-state index in [1.807, 2.05) is 6.20 Å². The lowest BCUT2D eigenvalue weighted by Gasteiger charge is -2.39. The Hall–Kier alpha value is -7.89. The Morgan fingerprint density at radius 3 is 1.65 bits per heavy atom. The summed E-state index contributed by atoms with van der Waals surface area (Å²) < 4.78 is 9.13. The molecule has 0 bridgehead atoms. The zero-order chi connectivity index (χ0) is 47.5. The fraction of sp³-hybridized carbons (Fsp3) is 0.172. The Balaban J connectivity index is 1.03. The van der Waals surface area contributed by atoms with Gasteiger partial charge >= 0.3 is 0 Å². The van der Waals surface area contributed by atoms with E-state index in [1.54, 1.807) is 0 Å². The number of benzene rings is 8. The number of rotatable bonds is 10. The van der Waals surface area contributed by atoms with Crippen LogP contribution in [0.4, 0.5) is 22.7 Å². The molecule has 0 aliphatic carbocycles. The Morgan fingerprint density at radius 1 is 0.435 bits per heavy atom. The number of aromatic nitrogens is 2. The van der Waals surface area contributed by atoms with E-state index in [1.165, 1.54) is 50.0 Å². The van der Waals surface area contributed by atoms with Crippen LogP contribution in [0.3, 0.4) is 0 Å². The smallest absolute Gasteiger partial charge is 0.137 e. The van der Waals surface area contributed by atoms with Gasteiger partial charge in [-0.2, -0.15) is 0 Å². The lowest BCUT2D eigenvalue weighted by molar-refractivity contribution is 0.483. The summed E-state index contributed by atoms with van der Waals surface area (Å²) in [6.45, 7) is 16.9. The highest BCUT2D eigenvalue weighted by Crippen LogP contribution is 2.53. The van der Waals surface area contributed by atoms with Gasteiger partial charge in [-0.25, -0.2) is 4.98 Å². The number of ether oxygens (including phenoxy) is 1. The van der Waals surface area contributed by atoms with Crippen LogP contribution in [-0.2, 0) is 16.2 Å². The van der Waals surface area contributed by atoms with Crippen molar-refractivity contribution in [3.05, 3.63) is 240 Å². The molecular formula is C64H58N4O. The molecule has 0 saturated heterocycles. The fourth-order valence-corrected chi connectivity index (χ4v) is 10.4. The molecule has 5 nitrogen and oxygen atoms in total. The summed E-state index contributed by atoms with van der Waals surface area (Å²) in [7, 11) is 0. The predicted molar refractivity (Wildman–Crippen MR) is 288 cm³/mol. The lowest BCUT2D eigenvalue weighted by atomic mass is 9.70. The molecule has 0 N–H and O–H groups in total. The van der Waals surface area contributed by atoms with Crippen LogP contribution in [0.5, 0.6) is 11.5 Å². The average Bonchev–Trinajstić information content (AvgIpc) is 3.92. The molecule has 0 spiro atoms. The van der Waals surface area contributed by atoms with Gasteiger partial charge < -0.3 is 14.5 Å². The van der Waals surface area contributed by atoms with E-state index in [9.17, 15) is 0 Å². The van der Waals surface area contributed by atoms with Gasteiger partial charge in [0.05, 0.1) is 28.1 Å². The van der Waals surface area contributed by atoms with Crippen LogP contribution in [0.2, 0.25) is 0 Å². The van der Waals surface area contributed by atoms with Crippen molar-refractivity contribution in [2.75, 3.05) is 16.5 Å². The monoisotopic (exact) mass is 898 g/mol. The van der Waals surface area contributed by atoms with Crippen molar-refractivity contribution in [1.82, 2.24) is 9.55 Å². The number of hydrogen-bond acceptors (Lipinski definition) is 4. The first-order chi connectivity index (χ1) is 33.4. The Labute approximate surface area is 406 Å². The van der Waals surface area contributed by atoms with Crippen molar-refractivity contribution in [1.29, 1.82) is 0 Å². The van der Waals surface area contributed by atoms with Crippen LogP contribution in [0.25, 0.3) is 38.8 Å². The maximum atomic E-state index is 6.86. The summed E-state index contributed by atoms with van der Waals surface area (Å²) in [5, 5.41) is 2.34. The van der Waals surface area contributed by atoms with Crippen LogP contribution in [0.15, 0.2) is 212 Å². The van der Waals surface area contributed by atoms with Gasteiger partial charge in [0.1, 0.15) is 24.0 Å². The van der Waals surface area contributed by atoms with E-state index >= 15 is 0 Å². The SMILES string of the molecule is CC(C)(C)c1ccnc(-n2c3ccccc3c3ccc(Oc4cccc(N5CN(c6c(C(C)(C)c7ccccc7)cc(-c7ccccc7)cc6C(C)(C)c6ccccc6)c6ccccc65)c4)cc32)c1. The van der Waals surface area contributed by atoms with Crippen molar-refractivity contribution in [2.45, 2.75) is 64.7 Å². The number of fused-ring (bicyclic) bond motifs is 4. The number of hydrogen-bond donors (Lipinski definition) is 0. The second-order valence-electron chi connectivity index (χ2n) is 20.5.